The molecule has 0 atom stereocenters. The van der Waals surface area contributed by atoms with Gasteiger partial charge in [0.2, 0.25) is 11.1 Å². The number of aromatic amines is 1. The fraction of sp³-hybridized carbons (Fsp3) is 0.111. The van der Waals surface area contributed by atoms with Crippen LogP contribution in [0.3, 0.4) is 0 Å². The zero-order valence-corrected chi connectivity index (χ0v) is 9.35. The van der Waals surface area contributed by atoms with Gasteiger partial charge in [0.05, 0.1) is 0 Å². The minimum Gasteiger partial charge on any atom is -0.368 e. The van der Waals surface area contributed by atoms with Crippen LogP contribution in [0.4, 0.5) is 5.95 Å². The van der Waals surface area contributed by atoms with Crippen molar-refractivity contribution in [3.63, 3.8) is 0 Å². The Morgan fingerprint density at radius 2 is 2.07 bits per heavy atom. The van der Waals surface area contributed by atoms with E-state index in [9.17, 15) is 0 Å². The number of nitrogen functional groups attached to an aromatic ring is 1. The van der Waals surface area contributed by atoms with Crippen molar-refractivity contribution in [2.24, 2.45) is 0 Å². The van der Waals surface area contributed by atoms with E-state index in [1.54, 1.807) is 0 Å². The molecule has 1 aromatic carbocycles. The largest absolute Gasteiger partial charge is 0.368 e. The van der Waals surface area contributed by atoms with E-state index in [1.807, 2.05) is 24.3 Å². The fourth-order valence-corrected chi connectivity index (χ4v) is 1.94. The topological polar surface area (TPSA) is 67.6 Å². The third-order valence-electron chi connectivity index (χ3n) is 1.76. The van der Waals surface area contributed by atoms with E-state index in [1.165, 1.54) is 17.3 Å². The molecular weight excluding hydrogens is 232 g/mol. The van der Waals surface area contributed by atoms with E-state index in [-0.39, 0.29) is 0 Å². The Hall–Kier alpha value is -1.20. The molecule has 0 aliphatic rings. The maximum absolute atomic E-state index is 5.78. The molecule has 3 N–H and O–H groups in total. The van der Waals surface area contributed by atoms with Gasteiger partial charge in [-0.05, 0) is 17.7 Å². The number of aromatic nitrogens is 3. The average Bonchev–Trinajstić information content (AvgIpc) is 2.64. The van der Waals surface area contributed by atoms with Crippen molar-refractivity contribution < 1.29 is 0 Å². The molecule has 1 heterocycles. The van der Waals surface area contributed by atoms with E-state index in [2.05, 4.69) is 15.2 Å². The summed E-state index contributed by atoms with van der Waals surface area (Å²) in [6, 6.07) is 7.68. The summed E-state index contributed by atoms with van der Waals surface area (Å²) in [5.41, 5.74) is 6.58. The molecule has 2 aromatic rings. The van der Waals surface area contributed by atoms with Crippen molar-refractivity contribution in [1.82, 2.24) is 15.2 Å². The van der Waals surface area contributed by atoms with Crippen LogP contribution in [-0.4, -0.2) is 15.2 Å². The van der Waals surface area contributed by atoms with Crippen LogP contribution in [0.15, 0.2) is 29.4 Å². The molecule has 2 rings (SSSR count). The number of halogens is 1. The van der Waals surface area contributed by atoms with Crippen LogP contribution >= 0.6 is 23.4 Å². The molecule has 1 aromatic heterocycles. The SMILES string of the molecule is Nc1nc(SCc2ccc(Cl)cc2)n[nH]1. The highest BCUT2D eigenvalue weighted by atomic mass is 35.5. The highest BCUT2D eigenvalue weighted by Crippen LogP contribution is 2.20. The second-order valence-electron chi connectivity index (χ2n) is 2.92. The van der Waals surface area contributed by atoms with Gasteiger partial charge >= 0.3 is 0 Å². The Morgan fingerprint density at radius 3 is 2.67 bits per heavy atom. The van der Waals surface area contributed by atoms with E-state index >= 15 is 0 Å². The van der Waals surface area contributed by atoms with Gasteiger partial charge in [0.15, 0.2) is 0 Å². The van der Waals surface area contributed by atoms with Crippen molar-refractivity contribution in [2.45, 2.75) is 10.9 Å². The summed E-state index contributed by atoms with van der Waals surface area (Å²) < 4.78 is 0. The van der Waals surface area contributed by atoms with Gasteiger partial charge in [0.1, 0.15) is 0 Å². The highest BCUT2D eigenvalue weighted by molar-refractivity contribution is 7.98. The lowest BCUT2D eigenvalue weighted by molar-refractivity contribution is 0.973. The zero-order valence-electron chi connectivity index (χ0n) is 7.77. The monoisotopic (exact) mass is 240 g/mol. The van der Waals surface area contributed by atoms with Crippen molar-refractivity contribution in [3.05, 3.63) is 34.9 Å². The van der Waals surface area contributed by atoms with Gasteiger partial charge in [-0.1, -0.05) is 35.5 Å². The van der Waals surface area contributed by atoms with Crippen LogP contribution in [-0.2, 0) is 5.75 Å². The van der Waals surface area contributed by atoms with Crippen LogP contribution < -0.4 is 5.73 Å². The molecule has 0 aliphatic heterocycles. The second-order valence-corrected chi connectivity index (χ2v) is 4.30. The van der Waals surface area contributed by atoms with Gasteiger partial charge < -0.3 is 5.73 Å². The summed E-state index contributed by atoms with van der Waals surface area (Å²) in [6.45, 7) is 0. The summed E-state index contributed by atoms with van der Waals surface area (Å²) in [5.74, 6) is 1.14. The maximum atomic E-state index is 5.78. The molecule has 0 saturated heterocycles. The summed E-state index contributed by atoms with van der Waals surface area (Å²) >= 11 is 7.30. The molecular formula is C9H9ClN4S. The summed E-state index contributed by atoms with van der Waals surface area (Å²) in [4.78, 5) is 3.99. The predicted molar refractivity (Wildman–Crippen MR) is 61.8 cm³/mol. The van der Waals surface area contributed by atoms with Crippen LogP contribution in [0.25, 0.3) is 0 Å². The number of thioether (sulfide) groups is 1. The number of anilines is 1. The lowest BCUT2D eigenvalue weighted by Crippen LogP contribution is -1.85. The van der Waals surface area contributed by atoms with Gasteiger partial charge in [-0.15, -0.1) is 5.10 Å². The molecule has 15 heavy (non-hydrogen) atoms. The molecule has 0 amide bonds. The number of hydrogen-bond acceptors (Lipinski definition) is 4. The lowest BCUT2D eigenvalue weighted by Gasteiger charge is -1.97. The average molecular weight is 241 g/mol. The van der Waals surface area contributed by atoms with Crippen LogP contribution in [0, 0.1) is 0 Å². The number of nitrogens with two attached hydrogens (primary N) is 1. The third-order valence-corrected chi connectivity index (χ3v) is 2.93. The summed E-state index contributed by atoms with van der Waals surface area (Å²) in [6.07, 6.45) is 0. The number of rotatable bonds is 3. The zero-order chi connectivity index (χ0) is 10.7. The van der Waals surface area contributed by atoms with Crippen molar-refractivity contribution in [2.75, 3.05) is 5.73 Å². The van der Waals surface area contributed by atoms with Crippen molar-refractivity contribution >= 4 is 29.3 Å². The van der Waals surface area contributed by atoms with E-state index in [0.29, 0.717) is 11.1 Å². The first kappa shape index (κ1) is 10.3. The molecule has 0 radical (unpaired) electrons. The number of H-pyrrole nitrogens is 1. The first-order valence-electron chi connectivity index (χ1n) is 4.29. The van der Waals surface area contributed by atoms with Crippen molar-refractivity contribution in [3.8, 4) is 0 Å². The molecule has 0 spiro atoms. The second kappa shape index (κ2) is 4.55. The quantitative estimate of drug-likeness (QED) is 0.808. The lowest BCUT2D eigenvalue weighted by atomic mass is 10.2. The normalized spacial score (nSPS) is 10.5. The Kier molecular flexibility index (Phi) is 3.13. The Labute approximate surface area is 96.2 Å². The standard InChI is InChI=1S/C9H9ClN4S/c10-7-3-1-6(2-4-7)5-15-9-12-8(11)13-14-9/h1-4H,5H2,(H3,11,12,13,14). The molecule has 0 saturated carbocycles. The Bertz CT molecular complexity index is 440. The maximum Gasteiger partial charge on any atom is 0.216 e. The van der Waals surface area contributed by atoms with E-state index in [4.69, 9.17) is 17.3 Å². The van der Waals surface area contributed by atoms with Crippen LogP contribution in [0.5, 0.6) is 0 Å². The molecule has 0 fully saturated rings. The van der Waals surface area contributed by atoms with Gasteiger partial charge in [-0.25, -0.2) is 5.10 Å². The van der Waals surface area contributed by atoms with Crippen molar-refractivity contribution in [1.29, 1.82) is 0 Å². The van der Waals surface area contributed by atoms with Gasteiger partial charge in [0.25, 0.3) is 0 Å². The highest BCUT2D eigenvalue weighted by Gasteiger charge is 2.01. The molecule has 0 bridgehead atoms. The third kappa shape index (κ3) is 2.87. The van der Waals surface area contributed by atoms with E-state index < -0.39 is 0 Å². The molecule has 0 unspecified atom stereocenters. The molecule has 4 nitrogen and oxygen atoms in total. The summed E-state index contributed by atoms with van der Waals surface area (Å²) in [5, 5.41) is 7.91. The van der Waals surface area contributed by atoms with E-state index in [0.717, 1.165) is 10.8 Å². The fourth-order valence-electron chi connectivity index (χ4n) is 1.05. The number of nitrogens with one attached hydrogen (secondary N) is 1. The minimum absolute atomic E-state index is 0.341. The molecule has 0 aliphatic carbocycles. The first-order chi connectivity index (χ1) is 7.24. The Balaban J connectivity index is 1.96. The molecule has 6 heteroatoms. The number of benzene rings is 1. The van der Waals surface area contributed by atoms with Gasteiger partial charge in [-0.3, -0.25) is 0 Å². The van der Waals surface area contributed by atoms with Crippen LogP contribution in [0.1, 0.15) is 5.56 Å². The van der Waals surface area contributed by atoms with Gasteiger partial charge in [0, 0.05) is 10.8 Å². The predicted octanol–water partition coefficient (Wildman–Crippen LogP) is 2.33. The molecule has 78 valence electrons. The smallest absolute Gasteiger partial charge is 0.216 e. The van der Waals surface area contributed by atoms with Gasteiger partial charge in [-0.2, -0.15) is 4.98 Å². The van der Waals surface area contributed by atoms with Crippen LogP contribution in [0.2, 0.25) is 5.02 Å². The summed E-state index contributed by atoms with van der Waals surface area (Å²) in [7, 11) is 0. The Morgan fingerprint density at radius 1 is 1.33 bits per heavy atom. The minimum atomic E-state index is 0.341. The number of hydrogen-bond donors (Lipinski definition) is 2. The number of nitrogens with zero attached hydrogens (tertiary/aromatic N) is 2. The first-order valence-corrected chi connectivity index (χ1v) is 5.65.